The van der Waals surface area contributed by atoms with Gasteiger partial charge in [0.25, 0.3) is 5.69 Å². The van der Waals surface area contributed by atoms with Crippen LogP contribution in [0.15, 0.2) is 24.3 Å². The van der Waals surface area contributed by atoms with Gasteiger partial charge in [-0.1, -0.05) is 18.6 Å². The lowest BCUT2D eigenvalue weighted by Gasteiger charge is -2.35. The lowest BCUT2D eigenvalue weighted by molar-refractivity contribution is -0.384. The summed E-state index contributed by atoms with van der Waals surface area (Å²) >= 11 is 0. The number of non-ortho nitro benzene ring substituents is 1. The summed E-state index contributed by atoms with van der Waals surface area (Å²) in [4.78, 5) is 10.2. The Balaban J connectivity index is 2.19. The Labute approximate surface area is 93.7 Å². The highest BCUT2D eigenvalue weighted by molar-refractivity contribution is 5.35. The van der Waals surface area contributed by atoms with Crippen molar-refractivity contribution in [1.82, 2.24) is 0 Å². The molecule has 1 aromatic carbocycles. The van der Waals surface area contributed by atoms with Gasteiger partial charge in [0.05, 0.1) is 16.4 Å². The highest BCUT2D eigenvalue weighted by Gasteiger charge is 2.37. The fourth-order valence-corrected chi connectivity index (χ4v) is 2.10. The van der Waals surface area contributed by atoms with Crippen molar-refractivity contribution < 1.29 is 4.92 Å². The molecule has 1 aliphatic rings. The molecule has 0 unspecified atom stereocenters. The van der Waals surface area contributed by atoms with Crippen molar-refractivity contribution in [3.05, 3.63) is 39.9 Å². The van der Waals surface area contributed by atoms with E-state index in [0.717, 1.165) is 24.8 Å². The predicted molar refractivity (Wildman–Crippen MR) is 58.7 cm³/mol. The van der Waals surface area contributed by atoms with Crippen LogP contribution >= 0.6 is 0 Å². The van der Waals surface area contributed by atoms with Crippen molar-refractivity contribution in [2.45, 2.75) is 25.7 Å². The molecule has 0 radical (unpaired) electrons. The molecule has 0 saturated heterocycles. The maximum absolute atomic E-state index is 10.6. The summed E-state index contributed by atoms with van der Waals surface area (Å²) in [5.41, 5.74) is 0.718. The molecule has 1 aliphatic carbocycles. The molecule has 1 saturated carbocycles. The molecule has 0 amide bonds. The second kappa shape index (κ2) is 3.93. The fourth-order valence-electron chi connectivity index (χ4n) is 2.10. The zero-order chi connectivity index (χ0) is 11.6. The van der Waals surface area contributed by atoms with Crippen LogP contribution in [0, 0.1) is 26.9 Å². The van der Waals surface area contributed by atoms with Crippen LogP contribution in [0.4, 0.5) is 5.69 Å². The van der Waals surface area contributed by atoms with Crippen LogP contribution in [0.2, 0.25) is 0 Å². The van der Waals surface area contributed by atoms with E-state index in [1.165, 1.54) is 6.07 Å². The first-order valence-corrected chi connectivity index (χ1v) is 5.30. The minimum Gasteiger partial charge on any atom is -0.258 e. The quantitative estimate of drug-likeness (QED) is 0.576. The molecule has 0 spiro atoms. The zero-order valence-electron chi connectivity index (χ0n) is 8.85. The molecule has 4 nitrogen and oxygen atoms in total. The third-order valence-electron chi connectivity index (χ3n) is 3.21. The summed E-state index contributed by atoms with van der Waals surface area (Å²) in [7, 11) is 0. The molecule has 0 heterocycles. The van der Waals surface area contributed by atoms with Crippen LogP contribution in [0.25, 0.3) is 0 Å². The Morgan fingerprint density at radius 2 is 2.25 bits per heavy atom. The second-order valence-corrected chi connectivity index (χ2v) is 4.35. The highest BCUT2D eigenvalue weighted by Crippen LogP contribution is 2.43. The molecule has 16 heavy (non-hydrogen) atoms. The van der Waals surface area contributed by atoms with E-state index in [0.29, 0.717) is 6.42 Å². The van der Waals surface area contributed by atoms with Gasteiger partial charge in [0.1, 0.15) is 0 Å². The lowest BCUT2D eigenvalue weighted by atomic mass is 9.66. The Hall–Kier alpha value is -1.89. The largest absolute Gasteiger partial charge is 0.269 e. The number of rotatable bonds is 3. The molecule has 0 aliphatic heterocycles. The van der Waals surface area contributed by atoms with E-state index in [1.807, 2.05) is 6.07 Å². The molecule has 0 atom stereocenters. The number of nitro groups is 1. The van der Waals surface area contributed by atoms with Gasteiger partial charge in [-0.25, -0.2) is 0 Å². The maximum atomic E-state index is 10.6. The lowest BCUT2D eigenvalue weighted by Crippen LogP contribution is -2.29. The van der Waals surface area contributed by atoms with Crippen LogP contribution in [0.1, 0.15) is 24.8 Å². The van der Waals surface area contributed by atoms with E-state index in [2.05, 4.69) is 6.07 Å². The number of hydrogen-bond acceptors (Lipinski definition) is 3. The van der Waals surface area contributed by atoms with Gasteiger partial charge in [0.2, 0.25) is 0 Å². The van der Waals surface area contributed by atoms with Crippen molar-refractivity contribution in [2.24, 2.45) is 5.41 Å². The molecule has 82 valence electrons. The first-order valence-electron chi connectivity index (χ1n) is 5.30. The standard InChI is InChI=1S/C12H12N2O2/c13-9-12(5-2-6-12)8-10-3-1-4-11(7-10)14(15)16/h1,3-4,7H,2,5-6,8H2. The van der Waals surface area contributed by atoms with Crippen molar-refractivity contribution in [2.75, 3.05) is 0 Å². The number of nitriles is 1. The van der Waals surface area contributed by atoms with Gasteiger partial charge in [-0.05, 0) is 24.8 Å². The molecule has 1 aromatic rings. The van der Waals surface area contributed by atoms with Gasteiger partial charge in [0.15, 0.2) is 0 Å². The molecular weight excluding hydrogens is 204 g/mol. The van der Waals surface area contributed by atoms with Gasteiger partial charge < -0.3 is 0 Å². The van der Waals surface area contributed by atoms with Crippen LogP contribution in [0.5, 0.6) is 0 Å². The summed E-state index contributed by atoms with van der Waals surface area (Å²) in [6.07, 6.45) is 3.53. The smallest absolute Gasteiger partial charge is 0.258 e. The molecular formula is C12H12N2O2. The van der Waals surface area contributed by atoms with E-state index < -0.39 is 4.92 Å². The number of hydrogen-bond donors (Lipinski definition) is 0. The third kappa shape index (κ3) is 1.89. The van der Waals surface area contributed by atoms with Gasteiger partial charge >= 0.3 is 0 Å². The predicted octanol–water partition coefficient (Wildman–Crippen LogP) is 2.83. The van der Waals surface area contributed by atoms with Crippen LogP contribution < -0.4 is 0 Å². The van der Waals surface area contributed by atoms with Crippen molar-refractivity contribution in [3.63, 3.8) is 0 Å². The Bertz CT molecular complexity index is 458. The molecule has 0 N–H and O–H groups in total. The summed E-state index contributed by atoms with van der Waals surface area (Å²) in [5.74, 6) is 0. The topological polar surface area (TPSA) is 66.9 Å². The molecule has 0 aromatic heterocycles. The van der Waals surface area contributed by atoms with E-state index >= 15 is 0 Å². The molecule has 1 fully saturated rings. The van der Waals surface area contributed by atoms with Gasteiger partial charge in [-0.2, -0.15) is 5.26 Å². The average molecular weight is 216 g/mol. The van der Waals surface area contributed by atoms with E-state index in [9.17, 15) is 10.1 Å². The Morgan fingerprint density at radius 1 is 1.50 bits per heavy atom. The third-order valence-corrected chi connectivity index (χ3v) is 3.21. The van der Waals surface area contributed by atoms with Crippen molar-refractivity contribution >= 4 is 5.69 Å². The Morgan fingerprint density at radius 3 is 2.75 bits per heavy atom. The van der Waals surface area contributed by atoms with E-state index in [1.54, 1.807) is 12.1 Å². The summed E-state index contributed by atoms with van der Waals surface area (Å²) < 4.78 is 0. The van der Waals surface area contributed by atoms with Crippen LogP contribution in [-0.4, -0.2) is 4.92 Å². The number of nitro benzene ring substituents is 1. The molecule has 4 heteroatoms. The number of nitrogens with zero attached hydrogens (tertiary/aromatic N) is 2. The normalized spacial score (nSPS) is 17.2. The van der Waals surface area contributed by atoms with Crippen LogP contribution in [0.3, 0.4) is 0 Å². The molecule has 2 rings (SSSR count). The summed E-state index contributed by atoms with van der Waals surface area (Å²) in [6, 6.07) is 8.91. The van der Waals surface area contributed by atoms with Crippen LogP contribution in [-0.2, 0) is 6.42 Å². The van der Waals surface area contributed by atoms with Gasteiger partial charge in [-0.15, -0.1) is 0 Å². The van der Waals surface area contributed by atoms with Gasteiger partial charge in [0, 0.05) is 12.1 Å². The second-order valence-electron chi connectivity index (χ2n) is 4.35. The van der Waals surface area contributed by atoms with Crippen molar-refractivity contribution in [3.8, 4) is 6.07 Å². The minimum atomic E-state index is -0.399. The number of benzene rings is 1. The highest BCUT2D eigenvalue weighted by atomic mass is 16.6. The summed E-state index contributed by atoms with van der Waals surface area (Å²) in [5, 5.41) is 19.7. The van der Waals surface area contributed by atoms with Crippen molar-refractivity contribution in [1.29, 1.82) is 5.26 Å². The molecule has 0 bridgehead atoms. The first kappa shape index (κ1) is 10.6. The van der Waals surface area contributed by atoms with Gasteiger partial charge in [-0.3, -0.25) is 10.1 Å². The average Bonchev–Trinajstić information content (AvgIpc) is 2.24. The monoisotopic (exact) mass is 216 g/mol. The Kier molecular flexibility index (Phi) is 2.61. The van der Waals surface area contributed by atoms with E-state index in [4.69, 9.17) is 5.26 Å². The van der Waals surface area contributed by atoms with E-state index in [-0.39, 0.29) is 11.1 Å². The first-order chi connectivity index (χ1) is 7.65. The summed E-state index contributed by atoms with van der Waals surface area (Å²) in [6.45, 7) is 0. The minimum absolute atomic E-state index is 0.102. The fraction of sp³-hybridized carbons (Fsp3) is 0.417. The maximum Gasteiger partial charge on any atom is 0.269 e. The zero-order valence-corrected chi connectivity index (χ0v) is 8.85. The SMILES string of the molecule is N#CC1(Cc2cccc([N+](=O)[O-])c2)CCC1.